The number of carbonyl (C=O) groups is 1. The van der Waals surface area contributed by atoms with Gasteiger partial charge in [0.15, 0.2) is 5.60 Å². The summed E-state index contributed by atoms with van der Waals surface area (Å²) in [6.07, 6.45) is 15.4. The van der Waals surface area contributed by atoms with Gasteiger partial charge in [-0.05, 0) is 53.4 Å². The van der Waals surface area contributed by atoms with Crippen molar-refractivity contribution in [3.05, 3.63) is 0 Å². The molecule has 4 aliphatic rings. The summed E-state index contributed by atoms with van der Waals surface area (Å²) in [5.74, 6) is 0.798. The lowest BCUT2D eigenvalue weighted by Crippen LogP contribution is -2.65. The quantitative estimate of drug-likeness (QED) is 0.359. The van der Waals surface area contributed by atoms with Gasteiger partial charge in [0.05, 0.1) is 18.6 Å². The van der Waals surface area contributed by atoms with E-state index in [1.165, 1.54) is 44.9 Å². The van der Waals surface area contributed by atoms with Crippen molar-refractivity contribution >= 4 is 17.5 Å². The van der Waals surface area contributed by atoms with Gasteiger partial charge >= 0.3 is 0 Å². The molecular formula is C26H49ClN2O3. The minimum Gasteiger partial charge on any atom is -0.372 e. The summed E-state index contributed by atoms with van der Waals surface area (Å²) in [6, 6.07) is 0. The van der Waals surface area contributed by atoms with Crippen LogP contribution in [0.5, 0.6) is 0 Å². The topological polar surface area (TPSA) is 62.9 Å². The van der Waals surface area contributed by atoms with Crippen LogP contribution in [0.2, 0.25) is 0 Å². The average Bonchev–Trinajstić information content (AvgIpc) is 3.43. The maximum absolute atomic E-state index is 13.2. The van der Waals surface area contributed by atoms with Gasteiger partial charge in [0.25, 0.3) is 5.91 Å². The lowest BCUT2D eigenvalue weighted by molar-refractivity contribution is -0.165. The summed E-state index contributed by atoms with van der Waals surface area (Å²) < 4.78 is 11.5. The van der Waals surface area contributed by atoms with Crippen molar-refractivity contribution in [2.45, 2.75) is 147 Å². The minimum absolute atomic E-state index is 0. The first kappa shape index (κ1) is 27.9. The largest absolute Gasteiger partial charge is 0.372 e. The highest BCUT2D eigenvalue weighted by Crippen LogP contribution is 2.46. The van der Waals surface area contributed by atoms with E-state index in [2.05, 4.69) is 38.3 Å². The molecule has 1 saturated carbocycles. The Hall–Kier alpha value is -0.360. The molecule has 188 valence electrons. The summed E-state index contributed by atoms with van der Waals surface area (Å²) in [5.41, 5.74) is -1.30. The molecule has 5 nitrogen and oxygen atoms in total. The SMILES string of the molecule is C.CC1(C)CC2(CC(C)(C)N1)OC1(CCCCCCCCCCC1)NC2=O.ClCC1CO1. The zero-order chi connectivity index (χ0) is 22.6. The molecule has 0 radical (unpaired) electrons. The Bertz CT molecular complexity index is 576. The third kappa shape index (κ3) is 7.85. The molecule has 1 atom stereocenters. The van der Waals surface area contributed by atoms with Crippen molar-refractivity contribution in [2.24, 2.45) is 0 Å². The maximum Gasteiger partial charge on any atom is 0.254 e. The predicted octanol–water partition coefficient (Wildman–Crippen LogP) is 6.07. The van der Waals surface area contributed by atoms with E-state index in [0.717, 1.165) is 45.1 Å². The Labute approximate surface area is 202 Å². The number of halogens is 1. The van der Waals surface area contributed by atoms with E-state index in [9.17, 15) is 4.79 Å². The number of piperidine rings is 1. The van der Waals surface area contributed by atoms with Gasteiger partial charge in [-0.3, -0.25) is 4.79 Å². The molecule has 4 rings (SSSR count). The molecule has 1 amide bonds. The number of ether oxygens (including phenoxy) is 2. The van der Waals surface area contributed by atoms with Crippen molar-refractivity contribution in [1.29, 1.82) is 0 Å². The van der Waals surface area contributed by atoms with E-state index in [1.54, 1.807) is 0 Å². The molecule has 0 bridgehead atoms. The molecule has 1 aliphatic carbocycles. The molecule has 6 heteroatoms. The molecule has 2 N–H and O–H groups in total. The van der Waals surface area contributed by atoms with Crippen LogP contribution in [0.25, 0.3) is 0 Å². The predicted molar refractivity (Wildman–Crippen MR) is 133 cm³/mol. The first-order valence-corrected chi connectivity index (χ1v) is 13.1. The van der Waals surface area contributed by atoms with Crippen LogP contribution in [0.1, 0.15) is 119 Å². The highest BCUT2D eigenvalue weighted by Gasteiger charge is 2.60. The van der Waals surface area contributed by atoms with E-state index in [1.807, 2.05) is 0 Å². The van der Waals surface area contributed by atoms with Crippen LogP contribution < -0.4 is 10.6 Å². The van der Waals surface area contributed by atoms with Crippen LogP contribution in [0.3, 0.4) is 0 Å². The molecule has 0 aromatic heterocycles. The van der Waals surface area contributed by atoms with Gasteiger partial charge in [0, 0.05) is 23.9 Å². The number of rotatable bonds is 1. The van der Waals surface area contributed by atoms with E-state index in [0.29, 0.717) is 12.0 Å². The number of amides is 1. The van der Waals surface area contributed by atoms with Gasteiger partial charge < -0.3 is 20.1 Å². The molecule has 4 fully saturated rings. The Kier molecular flexibility index (Phi) is 9.91. The molecule has 32 heavy (non-hydrogen) atoms. The summed E-state index contributed by atoms with van der Waals surface area (Å²) >= 11 is 5.27. The average molecular weight is 473 g/mol. The fourth-order valence-corrected chi connectivity index (χ4v) is 6.24. The summed E-state index contributed by atoms with van der Waals surface area (Å²) in [7, 11) is 0. The molecule has 0 aromatic carbocycles. The molecule has 3 saturated heterocycles. The van der Waals surface area contributed by atoms with Crippen molar-refractivity contribution in [2.75, 3.05) is 12.5 Å². The fourth-order valence-electron chi connectivity index (χ4n) is 6.06. The van der Waals surface area contributed by atoms with Gasteiger partial charge in [0.2, 0.25) is 0 Å². The van der Waals surface area contributed by atoms with Crippen LogP contribution in [0.15, 0.2) is 0 Å². The molecule has 3 heterocycles. The summed E-state index contributed by atoms with van der Waals surface area (Å²) in [4.78, 5) is 13.2. The van der Waals surface area contributed by atoms with Crippen LogP contribution in [0.4, 0.5) is 0 Å². The molecule has 3 aliphatic heterocycles. The van der Waals surface area contributed by atoms with Crippen LogP contribution in [-0.2, 0) is 14.3 Å². The van der Waals surface area contributed by atoms with E-state index >= 15 is 0 Å². The zero-order valence-corrected chi connectivity index (χ0v) is 21.0. The van der Waals surface area contributed by atoms with Gasteiger partial charge in [-0.15, -0.1) is 11.6 Å². The first-order valence-electron chi connectivity index (χ1n) is 12.6. The monoisotopic (exact) mass is 472 g/mol. The molecular weight excluding hydrogens is 424 g/mol. The number of carbonyl (C=O) groups excluding carboxylic acids is 1. The van der Waals surface area contributed by atoms with Crippen LogP contribution >= 0.6 is 11.6 Å². The number of nitrogens with one attached hydrogen (secondary N) is 2. The van der Waals surface area contributed by atoms with E-state index < -0.39 is 11.3 Å². The molecule has 1 unspecified atom stereocenters. The number of epoxide rings is 1. The minimum atomic E-state index is -0.671. The van der Waals surface area contributed by atoms with Crippen molar-refractivity contribution in [1.82, 2.24) is 10.6 Å². The third-order valence-corrected chi connectivity index (χ3v) is 7.36. The zero-order valence-electron chi connectivity index (χ0n) is 20.3. The lowest BCUT2D eigenvalue weighted by atomic mass is 9.72. The normalized spacial score (nSPS) is 30.7. The fraction of sp³-hybridized carbons (Fsp3) is 0.962. The maximum atomic E-state index is 13.2. The Morgan fingerprint density at radius 3 is 1.69 bits per heavy atom. The number of hydrogen-bond acceptors (Lipinski definition) is 4. The van der Waals surface area contributed by atoms with Crippen molar-refractivity contribution < 1.29 is 14.3 Å². The van der Waals surface area contributed by atoms with Crippen LogP contribution in [0, 0.1) is 0 Å². The second-order valence-electron chi connectivity index (χ2n) is 11.6. The lowest BCUT2D eigenvalue weighted by Gasteiger charge is -2.50. The standard InChI is InChI=1S/C22H40N2O2.C3H5ClO.CH4/c1-19(2)16-21(17-20(3,4)24-19)18(25)23-22(26-21)14-12-10-8-6-5-7-9-11-13-15-22;4-1-3-2-5-3;/h24H,5-17H2,1-4H3,(H,23,25);3H,1-2H2;1H4. The highest BCUT2D eigenvalue weighted by molar-refractivity contribution is 6.18. The smallest absolute Gasteiger partial charge is 0.254 e. The summed E-state index contributed by atoms with van der Waals surface area (Å²) in [5, 5.41) is 7.06. The van der Waals surface area contributed by atoms with E-state index in [-0.39, 0.29) is 24.4 Å². The van der Waals surface area contributed by atoms with Crippen molar-refractivity contribution in [3.63, 3.8) is 0 Å². The Morgan fingerprint density at radius 1 is 0.875 bits per heavy atom. The van der Waals surface area contributed by atoms with Gasteiger partial charge in [-0.25, -0.2) is 0 Å². The second kappa shape index (κ2) is 11.4. The number of hydrogen-bond donors (Lipinski definition) is 2. The number of alkyl halides is 1. The highest BCUT2D eigenvalue weighted by atomic mass is 35.5. The second-order valence-corrected chi connectivity index (χ2v) is 11.9. The van der Waals surface area contributed by atoms with Crippen LogP contribution in [-0.4, -0.2) is 46.9 Å². The molecule has 0 aromatic rings. The van der Waals surface area contributed by atoms with Gasteiger partial charge in [-0.2, -0.15) is 0 Å². The Balaban J connectivity index is 0.000000534. The first-order chi connectivity index (χ1) is 14.6. The third-order valence-electron chi connectivity index (χ3n) is 7.01. The van der Waals surface area contributed by atoms with Crippen molar-refractivity contribution in [3.8, 4) is 0 Å². The summed E-state index contributed by atoms with van der Waals surface area (Å²) in [6.45, 7) is 9.65. The Morgan fingerprint density at radius 2 is 1.31 bits per heavy atom. The van der Waals surface area contributed by atoms with Gasteiger partial charge in [-0.1, -0.05) is 52.4 Å². The van der Waals surface area contributed by atoms with E-state index in [4.69, 9.17) is 21.1 Å². The molecule has 2 spiro atoms. The van der Waals surface area contributed by atoms with Gasteiger partial charge in [0.1, 0.15) is 5.72 Å².